The van der Waals surface area contributed by atoms with E-state index in [0.29, 0.717) is 5.56 Å². The Kier molecular flexibility index (Phi) is 3.79. The largest absolute Gasteiger partial charge is 0.292 e. The van der Waals surface area contributed by atoms with Crippen LogP contribution >= 0.6 is 22.6 Å². The summed E-state index contributed by atoms with van der Waals surface area (Å²) in [5.41, 5.74) is 0.427. The molecule has 0 fully saturated rings. The van der Waals surface area contributed by atoms with Crippen molar-refractivity contribution >= 4 is 38.2 Å². The Morgan fingerprint density at radius 2 is 1.62 bits per heavy atom. The molecular weight excluding hydrogens is 339 g/mol. The van der Waals surface area contributed by atoms with E-state index in [9.17, 15) is 13.2 Å². The summed E-state index contributed by atoms with van der Waals surface area (Å²) in [6, 6.07) is 6.87. The lowest BCUT2D eigenvalue weighted by atomic mass is 10.0. The molecule has 0 radical (unpaired) electrons. The van der Waals surface area contributed by atoms with Crippen LogP contribution in [0.25, 0.3) is 0 Å². The van der Waals surface area contributed by atoms with Gasteiger partial charge >= 0.3 is 0 Å². The molecule has 0 aliphatic rings. The number of carbonyl (C=O) groups is 1. The van der Waals surface area contributed by atoms with Gasteiger partial charge in [0.2, 0.25) is 0 Å². The monoisotopic (exact) mass is 352 g/mol. The zero-order valence-corrected chi connectivity index (χ0v) is 12.3. The van der Waals surface area contributed by atoms with Gasteiger partial charge in [-0.3, -0.25) is 4.79 Å². The molecule has 0 spiro atoms. The van der Waals surface area contributed by atoms with Crippen LogP contribution in [-0.2, 0) is 9.84 Å². The minimum Gasteiger partial charge on any atom is -0.292 e. The van der Waals surface area contributed by atoms with Crippen LogP contribution in [0.3, 0.4) is 0 Å². The first-order valence-corrected chi connectivity index (χ1v) is 7.63. The molecule has 1 rings (SSSR count). The molecule has 0 saturated carbocycles. The molecule has 1 aromatic rings. The third-order valence-corrected chi connectivity index (χ3v) is 5.34. The summed E-state index contributed by atoms with van der Waals surface area (Å²) < 4.78 is 22.7. The Morgan fingerprint density at radius 1 is 1.19 bits per heavy atom. The summed E-state index contributed by atoms with van der Waals surface area (Å²) in [5.74, 6) is -0.369. The van der Waals surface area contributed by atoms with Crippen molar-refractivity contribution in [3.05, 3.63) is 33.4 Å². The van der Waals surface area contributed by atoms with E-state index in [1.165, 1.54) is 13.8 Å². The molecule has 0 aliphatic heterocycles. The molecule has 16 heavy (non-hydrogen) atoms. The van der Waals surface area contributed by atoms with Crippen LogP contribution < -0.4 is 0 Å². The van der Waals surface area contributed by atoms with Gasteiger partial charge in [0, 0.05) is 15.4 Å². The van der Waals surface area contributed by atoms with Crippen molar-refractivity contribution < 1.29 is 13.2 Å². The number of sulfone groups is 1. The Balaban J connectivity index is 3.18. The van der Waals surface area contributed by atoms with Crippen LogP contribution in [0.4, 0.5) is 0 Å². The molecule has 1 aromatic carbocycles. The smallest absolute Gasteiger partial charge is 0.183 e. The Morgan fingerprint density at radius 3 is 2.00 bits per heavy atom. The highest BCUT2D eigenvalue weighted by Crippen LogP contribution is 2.21. The molecular formula is C11H13IO3S. The van der Waals surface area contributed by atoms with Gasteiger partial charge < -0.3 is 0 Å². The molecule has 0 saturated heterocycles. The SMILES string of the molecule is CC(C)(C(=O)c1ccc(I)cc1)S(C)(=O)=O. The summed E-state index contributed by atoms with van der Waals surface area (Å²) in [6.45, 7) is 2.87. The molecule has 0 atom stereocenters. The minimum absolute atomic E-state index is 0.369. The first kappa shape index (κ1) is 13.6. The van der Waals surface area contributed by atoms with Gasteiger partial charge in [-0.25, -0.2) is 8.42 Å². The van der Waals surface area contributed by atoms with Crippen molar-refractivity contribution in [2.24, 2.45) is 0 Å². The number of benzene rings is 1. The van der Waals surface area contributed by atoms with Crippen LogP contribution in [0.5, 0.6) is 0 Å². The van der Waals surface area contributed by atoms with E-state index in [-0.39, 0.29) is 5.78 Å². The van der Waals surface area contributed by atoms with E-state index >= 15 is 0 Å². The molecule has 0 aliphatic carbocycles. The summed E-state index contributed by atoms with van der Waals surface area (Å²) in [7, 11) is -3.41. The van der Waals surface area contributed by atoms with Gasteiger partial charge in [0.05, 0.1) is 0 Å². The summed E-state index contributed by atoms with van der Waals surface area (Å²) >= 11 is 2.13. The normalized spacial score (nSPS) is 12.5. The quantitative estimate of drug-likeness (QED) is 0.620. The fourth-order valence-corrected chi connectivity index (χ4v) is 1.93. The summed E-state index contributed by atoms with van der Waals surface area (Å²) in [4.78, 5) is 12.0. The lowest BCUT2D eigenvalue weighted by Crippen LogP contribution is -2.39. The number of ketones is 1. The second kappa shape index (κ2) is 4.44. The van der Waals surface area contributed by atoms with Crippen LogP contribution in [0.2, 0.25) is 0 Å². The fraction of sp³-hybridized carbons (Fsp3) is 0.364. The van der Waals surface area contributed by atoms with Crippen molar-refractivity contribution in [2.75, 3.05) is 6.26 Å². The van der Waals surface area contributed by atoms with E-state index in [1.807, 2.05) is 0 Å². The maximum absolute atomic E-state index is 12.0. The number of rotatable bonds is 3. The van der Waals surface area contributed by atoms with Gasteiger partial charge in [-0.1, -0.05) is 12.1 Å². The predicted molar refractivity (Wildman–Crippen MR) is 72.4 cm³/mol. The predicted octanol–water partition coefficient (Wildman–Crippen LogP) is 2.30. The lowest BCUT2D eigenvalue weighted by Gasteiger charge is -2.20. The van der Waals surface area contributed by atoms with Crippen LogP contribution in [0.15, 0.2) is 24.3 Å². The third kappa shape index (κ3) is 2.63. The molecule has 5 heteroatoms. The standard InChI is InChI=1S/C11H13IO3S/c1-11(2,16(3,14)15)10(13)8-4-6-9(12)7-5-8/h4-7H,1-3H3. The number of halogens is 1. The average Bonchev–Trinajstić information content (AvgIpc) is 2.16. The van der Waals surface area contributed by atoms with E-state index in [4.69, 9.17) is 0 Å². The second-order valence-electron chi connectivity index (χ2n) is 4.12. The maximum atomic E-state index is 12.0. The van der Waals surface area contributed by atoms with Crippen LogP contribution in [0.1, 0.15) is 24.2 Å². The van der Waals surface area contributed by atoms with E-state index in [2.05, 4.69) is 22.6 Å². The highest BCUT2D eigenvalue weighted by molar-refractivity contribution is 14.1. The first-order valence-electron chi connectivity index (χ1n) is 4.66. The minimum atomic E-state index is -3.41. The van der Waals surface area contributed by atoms with Gasteiger partial charge in [0.15, 0.2) is 15.6 Å². The molecule has 88 valence electrons. The van der Waals surface area contributed by atoms with Crippen molar-refractivity contribution in [3.63, 3.8) is 0 Å². The zero-order valence-electron chi connectivity index (χ0n) is 9.32. The summed E-state index contributed by atoms with van der Waals surface area (Å²) in [6.07, 6.45) is 1.08. The van der Waals surface area contributed by atoms with Gasteiger partial charge in [0.1, 0.15) is 4.75 Å². The van der Waals surface area contributed by atoms with Gasteiger partial charge in [-0.2, -0.15) is 0 Å². The first-order chi connectivity index (χ1) is 7.16. The Hall–Kier alpha value is -0.430. The molecule has 0 bridgehead atoms. The van der Waals surface area contributed by atoms with E-state index < -0.39 is 14.6 Å². The Bertz CT molecular complexity index is 501. The van der Waals surface area contributed by atoms with Gasteiger partial charge in [-0.05, 0) is 48.6 Å². The molecule has 3 nitrogen and oxygen atoms in total. The highest BCUT2D eigenvalue weighted by Gasteiger charge is 2.38. The van der Waals surface area contributed by atoms with Crippen molar-refractivity contribution in [1.82, 2.24) is 0 Å². The van der Waals surface area contributed by atoms with Gasteiger partial charge in [-0.15, -0.1) is 0 Å². The third-order valence-electron chi connectivity index (χ3n) is 2.58. The molecule has 0 heterocycles. The molecule has 0 N–H and O–H groups in total. The van der Waals surface area contributed by atoms with Gasteiger partial charge in [0.25, 0.3) is 0 Å². The highest BCUT2D eigenvalue weighted by atomic mass is 127. The van der Waals surface area contributed by atoms with E-state index in [0.717, 1.165) is 9.83 Å². The lowest BCUT2D eigenvalue weighted by molar-refractivity contribution is 0.0954. The van der Waals surface area contributed by atoms with E-state index in [1.54, 1.807) is 24.3 Å². The number of Topliss-reactive ketones (excluding diaryl/α,β-unsaturated/α-hetero) is 1. The average molecular weight is 352 g/mol. The number of carbonyl (C=O) groups excluding carboxylic acids is 1. The van der Waals surface area contributed by atoms with Crippen molar-refractivity contribution in [2.45, 2.75) is 18.6 Å². The maximum Gasteiger partial charge on any atom is 0.183 e. The Labute approximate surface area is 109 Å². The summed E-state index contributed by atoms with van der Waals surface area (Å²) in [5, 5.41) is 0. The zero-order chi connectivity index (χ0) is 12.6. The van der Waals surface area contributed by atoms with Crippen molar-refractivity contribution in [3.8, 4) is 0 Å². The molecule has 0 amide bonds. The second-order valence-corrected chi connectivity index (χ2v) is 7.93. The van der Waals surface area contributed by atoms with Crippen LogP contribution in [0, 0.1) is 3.57 Å². The fourth-order valence-electron chi connectivity index (χ4n) is 1.12. The molecule has 0 aromatic heterocycles. The topological polar surface area (TPSA) is 51.2 Å². The van der Waals surface area contributed by atoms with Crippen LogP contribution in [-0.4, -0.2) is 25.2 Å². The van der Waals surface area contributed by atoms with Crippen molar-refractivity contribution in [1.29, 1.82) is 0 Å². The molecule has 0 unspecified atom stereocenters. The number of hydrogen-bond acceptors (Lipinski definition) is 3. The number of hydrogen-bond donors (Lipinski definition) is 0.